The third kappa shape index (κ3) is 3.62. The Kier molecular flexibility index (Phi) is 5.11. The van der Waals surface area contributed by atoms with E-state index in [-0.39, 0.29) is 23.0 Å². The average molecular weight is 399 g/mol. The number of aliphatic hydroxyl groups excluding tert-OH is 1. The molecule has 7 nitrogen and oxygen atoms in total. The molecule has 0 aliphatic carbocycles. The van der Waals surface area contributed by atoms with Crippen LogP contribution >= 0.6 is 11.6 Å². The summed E-state index contributed by atoms with van der Waals surface area (Å²) in [6.45, 7) is -0.742. The lowest BCUT2D eigenvalue weighted by Gasteiger charge is -2.15. The fourth-order valence-electron chi connectivity index (χ4n) is 1.96. The second kappa shape index (κ2) is 6.65. The van der Waals surface area contributed by atoms with Crippen LogP contribution in [0.1, 0.15) is 0 Å². The number of carbonyl (C=O) groups is 2. The van der Waals surface area contributed by atoms with Gasteiger partial charge in [-0.3, -0.25) is 14.5 Å². The first kappa shape index (κ1) is 19.2. The Balaban J connectivity index is 2.36. The molecule has 25 heavy (non-hydrogen) atoms. The molecule has 12 heteroatoms. The highest BCUT2D eigenvalue weighted by molar-refractivity contribution is 7.92. The monoisotopic (exact) mass is 398 g/mol. The number of amides is 2. The van der Waals surface area contributed by atoms with Gasteiger partial charge in [-0.25, -0.2) is 8.42 Å². The van der Waals surface area contributed by atoms with Crippen molar-refractivity contribution in [1.82, 2.24) is 4.90 Å². The standard InChI is InChI=1S/C13H10ClF3N2O5S/c14-8-2-1-7(25(23,24)13(15,16)17)5-9(8)18-10-6-11(21)19(3-4-20)12(10)22/h1-2,5-6,18,20H,3-4H2. The third-order valence-corrected chi connectivity index (χ3v) is 4.97. The predicted molar refractivity (Wildman–Crippen MR) is 80.2 cm³/mol. The van der Waals surface area contributed by atoms with Crippen LogP contribution in [0, 0.1) is 0 Å². The van der Waals surface area contributed by atoms with Crippen LogP contribution in [0.5, 0.6) is 0 Å². The van der Waals surface area contributed by atoms with E-state index in [2.05, 4.69) is 5.32 Å². The number of hydrogen-bond donors (Lipinski definition) is 2. The fourth-order valence-corrected chi connectivity index (χ4v) is 2.91. The number of β-amino-alcohol motifs (C(OH)–C–C–N with tert-alkyl or cyclic N) is 1. The van der Waals surface area contributed by atoms with Crippen molar-refractivity contribution in [3.8, 4) is 0 Å². The number of nitrogens with one attached hydrogen (secondary N) is 1. The molecule has 1 aromatic rings. The summed E-state index contributed by atoms with van der Waals surface area (Å²) >= 11 is 5.81. The largest absolute Gasteiger partial charge is 0.501 e. The first-order valence-electron chi connectivity index (χ1n) is 6.55. The van der Waals surface area contributed by atoms with Crippen molar-refractivity contribution in [2.24, 2.45) is 0 Å². The molecule has 0 saturated carbocycles. The molecule has 0 fully saturated rings. The highest BCUT2D eigenvalue weighted by Gasteiger charge is 2.47. The predicted octanol–water partition coefficient (Wildman–Crippen LogP) is 1.29. The lowest BCUT2D eigenvalue weighted by Crippen LogP contribution is -2.34. The number of alkyl halides is 3. The van der Waals surface area contributed by atoms with Crippen molar-refractivity contribution in [3.63, 3.8) is 0 Å². The maximum Gasteiger partial charge on any atom is 0.501 e. The van der Waals surface area contributed by atoms with E-state index in [1.54, 1.807) is 0 Å². The molecule has 136 valence electrons. The number of nitrogens with zero attached hydrogens (tertiary/aromatic N) is 1. The molecule has 0 unspecified atom stereocenters. The summed E-state index contributed by atoms with van der Waals surface area (Å²) in [5.74, 6) is -1.57. The Morgan fingerprint density at radius 3 is 2.44 bits per heavy atom. The molecular formula is C13H10ClF3N2O5S. The molecule has 0 radical (unpaired) electrons. The van der Waals surface area contributed by atoms with Crippen molar-refractivity contribution >= 4 is 38.9 Å². The minimum absolute atomic E-state index is 0.164. The zero-order chi connectivity index (χ0) is 19.0. The van der Waals surface area contributed by atoms with Gasteiger partial charge in [0.2, 0.25) is 0 Å². The summed E-state index contributed by atoms with van der Waals surface area (Å²) < 4.78 is 60.8. The van der Waals surface area contributed by atoms with Crippen LogP contribution in [0.3, 0.4) is 0 Å². The number of rotatable bonds is 5. The van der Waals surface area contributed by atoms with Gasteiger partial charge in [0, 0.05) is 6.08 Å². The van der Waals surface area contributed by atoms with Crippen LogP contribution in [0.15, 0.2) is 34.9 Å². The molecule has 0 bridgehead atoms. The first-order valence-corrected chi connectivity index (χ1v) is 8.41. The Morgan fingerprint density at radius 1 is 1.24 bits per heavy atom. The van der Waals surface area contributed by atoms with E-state index in [4.69, 9.17) is 16.7 Å². The minimum Gasteiger partial charge on any atom is -0.395 e. The summed E-state index contributed by atoms with van der Waals surface area (Å²) in [5, 5.41) is 11.0. The molecule has 0 saturated heterocycles. The van der Waals surface area contributed by atoms with Gasteiger partial charge in [0.15, 0.2) is 0 Å². The van der Waals surface area contributed by atoms with Crippen molar-refractivity contribution in [2.45, 2.75) is 10.4 Å². The van der Waals surface area contributed by atoms with E-state index in [1.807, 2.05) is 0 Å². The summed E-state index contributed by atoms with van der Waals surface area (Å²) in [7, 11) is -5.61. The smallest absolute Gasteiger partial charge is 0.395 e. The van der Waals surface area contributed by atoms with Gasteiger partial charge >= 0.3 is 5.51 Å². The van der Waals surface area contributed by atoms with Crippen molar-refractivity contribution < 1.29 is 36.3 Å². The van der Waals surface area contributed by atoms with Gasteiger partial charge in [-0.2, -0.15) is 13.2 Å². The van der Waals surface area contributed by atoms with Crippen LogP contribution in [0.4, 0.5) is 18.9 Å². The van der Waals surface area contributed by atoms with E-state index in [9.17, 15) is 31.2 Å². The number of hydrogen-bond acceptors (Lipinski definition) is 6. The van der Waals surface area contributed by atoms with Crippen LogP contribution in [-0.2, 0) is 19.4 Å². The molecule has 0 aromatic heterocycles. The molecule has 2 rings (SSSR count). The van der Waals surface area contributed by atoms with E-state index < -0.39 is 38.7 Å². The average Bonchev–Trinajstić information content (AvgIpc) is 2.76. The van der Waals surface area contributed by atoms with Gasteiger partial charge in [-0.05, 0) is 18.2 Å². The Morgan fingerprint density at radius 2 is 1.88 bits per heavy atom. The van der Waals surface area contributed by atoms with E-state index in [0.717, 1.165) is 12.1 Å². The van der Waals surface area contributed by atoms with Crippen molar-refractivity contribution in [3.05, 3.63) is 35.0 Å². The van der Waals surface area contributed by atoms with Crippen LogP contribution in [0.25, 0.3) is 0 Å². The molecular weight excluding hydrogens is 389 g/mol. The van der Waals surface area contributed by atoms with Crippen LogP contribution in [-0.4, -0.2) is 48.9 Å². The second-order valence-electron chi connectivity index (χ2n) is 4.79. The summed E-state index contributed by atoms with van der Waals surface area (Å²) in [4.78, 5) is 23.2. The highest BCUT2D eigenvalue weighted by atomic mass is 35.5. The van der Waals surface area contributed by atoms with Crippen molar-refractivity contribution in [2.75, 3.05) is 18.5 Å². The number of benzene rings is 1. The number of anilines is 1. The molecule has 0 atom stereocenters. The molecule has 1 heterocycles. The Hall–Kier alpha value is -2.11. The van der Waals surface area contributed by atoms with Crippen molar-refractivity contribution in [1.29, 1.82) is 0 Å². The topological polar surface area (TPSA) is 104 Å². The number of imide groups is 1. The zero-order valence-electron chi connectivity index (χ0n) is 12.2. The molecule has 1 aromatic carbocycles. The van der Waals surface area contributed by atoms with E-state index in [0.29, 0.717) is 17.0 Å². The molecule has 1 aliphatic rings. The van der Waals surface area contributed by atoms with Crippen LogP contribution in [0.2, 0.25) is 5.02 Å². The van der Waals surface area contributed by atoms with Crippen LogP contribution < -0.4 is 5.32 Å². The summed E-state index contributed by atoms with van der Waals surface area (Å²) in [6.07, 6.45) is 0.860. The summed E-state index contributed by atoms with van der Waals surface area (Å²) in [6, 6.07) is 2.19. The maximum absolute atomic E-state index is 12.6. The minimum atomic E-state index is -5.61. The number of carbonyl (C=O) groups excluding carboxylic acids is 2. The SMILES string of the molecule is O=C1C=C(Nc2cc(S(=O)(=O)C(F)(F)F)ccc2Cl)C(=O)N1CCO. The van der Waals surface area contributed by atoms with E-state index in [1.165, 1.54) is 0 Å². The maximum atomic E-state index is 12.6. The second-order valence-corrected chi connectivity index (χ2v) is 7.14. The van der Waals surface area contributed by atoms with Gasteiger partial charge in [-0.15, -0.1) is 0 Å². The molecule has 0 spiro atoms. The van der Waals surface area contributed by atoms with Gasteiger partial charge in [-0.1, -0.05) is 11.6 Å². The lowest BCUT2D eigenvalue weighted by molar-refractivity contribution is -0.137. The quantitative estimate of drug-likeness (QED) is 0.724. The Bertz CT molecular complexity index is 867. The van der Waals surface area contributed by atoms with Gasteiger partial charge in [0.05, 0.1) is 28.8 Å². The zero-order valence-corrected chi connectivity index (χ0v) is 13.7. The third-order valence-electron chi connectivity index (χ3n) is 3.16. The van der Waals surface area contributed by atoms with Gasteiger partial charge in [0.1, 0.15) is 5.70 Å². The number of sulfone groups is 1. The Labute approximate surface area is 144 Å². The molecule has 1 aliphatic heterocycles. The van der Waals surface area contributed by atoms with Gasteiger partial charge in [0.25, 0.3) is 21.7 Å². The fraction of sp³-hybridized carbons (Fsp3) is 0.231. The number of halogens is 4. The number of aliphatic hydroxyl groups is 1. The first-order chi connectivity index (χ1) is 11.5. The van der Waals surface area contributed by atoms with Gasteiger partial charge < -0.3 is 10.4 Å². The summed E-state index contributed by atoms with van der Waals surface area (Å²) in [5.41, 5.74) is -6.12. The van der Waals surface area contributed by atoms with E-state index >= 15 is 0 Å². The molecule has 2 N–H and O–H groups in total. The lowest BCUT2D eigenvalue weighted by atomic mass is 10.3. The molecule has 2 amide bonds. The highest BCUT2D eigenvalue weighted by Crippen LogP contribution is 2.34. The normalized spacial score (nSPS) is 15.6.